The molecule has 0 spiro atoms. The van der Waals surface area contributed by atoms with Crippen LogP contribution in [0.2, 0.25) is 0 Å². The Balaban J connectivity index is 0.896. The number of fused-ring (bicyclic) bond motifs is 7. The van der Waals surface area contributed by atoms with Gasteiger partial charge in [0.25, 0.3) is 0 Å². The van der Waals surface area contributed by atoms with Crippen LogP contribution in [0.25, 0.3) is 56.3 Å². The van der Waals surface area contributed by atoms with Crippen LogP contribution in [0.15, 0.2) is 231 Å². The molecule has 2 aliphatic heterocycles. The van der Waals surface area contributed by atoms with E-state index in [4.69, 9.17) is 19.9 Å². The summed E-state index contributed by atoms with van der Waals surface area (Å²) in [6.07, 6.45) is 0. The van der Waals surface area contributed by atoms with Gasteiger partial charge in [-0.2, -0.15) is 0 Å². The largest absolute Gasteiger partial charge is 0.306 e. The lowest BCUT2D eigenvalue weighted by molar-refractivity contribution is 1.15. The maximum Gasteiger partial charge on any atom is 0.168 e. The van der Waals surface area contributed by atoms with E-state index in [0.29, 0.717) is 17.3 Å². The molecule has 0 saturated carbocycles. The topological polar surface area (TPSA) is 64.5 Å². The average molecular weight is 871 g/mol. The highest BCUT2D eigenvalue weighted by Crippen LogP contribution is 2.56. The van der Waals surface area contributed by atoms with Gasteiger partial charge in [-0.05, 0) is 97.1 Å². The Morgan fingerprint density at radius 1 is 0.250 bits per heavy atom. The predicted molar refractivity (Wildman–Crippen MR) is 276 cm³/mol. The molecule has 4 heterocycles. The minimum atomic E-state index is 0.601. The molecule has 0 amide bonds. The summed E-state index contributed by atoms with van der Waals surface area (Å²) in [7, 11) is 0. The highest BCUT2D eigenvalue weighted by molar-refractivity contribution is 6.11. The zero-order valence-corrected chi connectivity index (χ0v) is 36.5. The van der Waals surface area contributed by atoms with Crippen molar-refractivity contribution in [2.75, 3.05) is 19.6 Å². The van der Waals surface area contributed by atoms with Crippen molar-refractivity contribution in [2.45, 2.75) is 0 Å². The van der Waals surface area contributed by atoms with E-state index in [1.165, 1.54) is 0 Å². The first-order valence-electron chi connectivity index (χ1n) is 22.8. The minimum Gasteiger partial charge on any atom is -0.306 e. The van der Waals surface area contributed by atoms with Crippen molar-refractivity contribution in [3.63, 3.8) is 0 Å². The van der Waals surface area contributed by atoms with E-state index >= 15 is 0 Å². The zero-order valence-electron chi connectivity index (χ0n) is 36.5. The molecule has 0 bridgehead atoms. The van der Waals surface area contributed by atoms with Crippen LogP contribution in [0.5, 0.6) is 0 Å². The van der Waals surface area contributed by atoms with E-state index in [-0.39, 0.29) is 0 Å². The first kappa shape index (κ1) is 37.9. The van der Waals surface area contributed by atoms with Crippen LogP contribution in [0.4, 0.5) is 68.2 Å². The van der Waals surface area contributed by atoms with Gasteiger partial charge >= 0.3 is 0 Å². The Labute approximate surface area is 393 Å². The van der Waals surface area contributed by atoms with Gasteiger partial charge in [0.05, 0.1) is 62.3 Å². The van der Waals surface area contributed by atoms with Gasteiger partial charge in [-0.25, -0.2) is 19.9 Å². The molecule has 11 aromatic rings. The number of benzene rings is 9. The second kappa shape index (κ2) is 15.1. The molecule has 9 aromatic carbocycles. The summed E-state index contributed by atoms with van der Waals surface area (Å²) >= 11 is 0. The molecule has 0 saturated heterocycles. The van der Waals surface area contributed by atoms with Crippen LogP contribution in [0, 0.1) is 0 Å². The van der Waals surface area contributed by atoms with Crippen molar-refractivity contribution in [1.29, 1.82) is 0 Å². The molecule has 1 aliphatic carbocycles. The lowest BCUT2D eigenvalue weighted by Gasteiger charge is -2.40. The van der Waals surface area contributed by atoms with E-state index in [9.17, 15) is 0 Å². The Morgan fingerprint density at radius 2 is 0.544 bits per heavy atom. The Morgan fingerprint density at radius 3 is 0.897 bits per heavy atom. The van der Waals surface area contributed by atoms with Crippen LogP contribution in [-0.4, -0.2) is 19.9 Å². The Kier molecular flexibility index (Phi) is 8.41. The third-order valence-corrected chi connectivity index (χ3v) is 13.2. The van der Waals surface area contributed by atoms with Gasteiger partial charge in [0.2, 0.25) is 0 Å². The lowest BCUT2D eigenvalue weighted by Crippen LogP contribution is -2.23. The van der Waals surface area contributed by atoms with Crippen LogP contribution in [0.3, 0.4) is 0 Å². The molecule has 0 atom stereocenters. The summed E-state index contributed by atoms with van der Waals surface area (Å²) in [6, 6.07) is 80.9. The van der Waals surface area contributed by atoms with Crippen molar-refractivity contribution in [1.82, 2.24) is 19.9 Å². The first-order chi connectivity index (χ1) is 33.7. The number of anilines is 12. The number of para-hydroxylation sites is 10. The molecule has 68 heavy (non-hydrogen) atoms. The molecule has 8 nitrogen and oxygen atoms in total. The Bertz CT molecular complexity index is 3460. The monoisotopic (exact) mass is 870 g/mol. The SMILES string of the molecule is c1ccc(N2c3ccccc3N(c3cccc(-c4nc5c6c(nc(-c7cccc(N8c9ccccc9N(c9ccccc9)c9ccccc98)c7)nc6n4)-c4ccccc4-5)c3)c3ccccc32)cc1. The molecular weight excluding hydrogens is 833 g/mol. The van der Waals surface area contributed by atoms with Crippen molar-refractivity contribution in [3.8, 4) is 45.3 Å². The van der Waals surface area contributed by atoms with Gasteiger partial charge in [-0.1, -0.05) is 133 Å². The molecule has 0 N–H and O–H groups in total. The van der Waals surface area contributed by atoms with Crippen LogP contribution >= 0.6 is 0 Å². The fraction of sp³-hybridized carbons (Fsp3) is 0. The summed E-state index contributed by atoms with van der Waals surface area (Å²) < 4.78 is 0. The third kappa shape index (κ3) is 5.81. The van der Waals surface area contributed by atoms with Gasteiger partial charge < -0.3 is 19.6 Å². The Hall–Kier alpha value is -9.40. The zero-order chi connectivity index (χ0) is 44.7. The molecular formula is C60H38N8. The highest BCUT2D eigenvalue weighted by Gasteiger charge is 2.33. The number of hydrogen-bond donors (Lipinski definition) is 0. The number of nitrogens with zero attached hydrogens (tertiary/aromatic N) is 8. The van der Waals surface area contributed by atoms with Crippen molar-refractivity contribution >= 4 is 79.3 Å². The van der Waals surface area contributed by atoms with Crippen molar-refractivity contribution in [3.05, 3.63) is 231 Å². The summed E-state index contributed by atoms with van der Waals surface area (Å²) in [6.45, 7) is 0. The summed E-state index contributed by atoms with van der Waals surface area (Å²) in [5.41, 5.74) is 19.0. The molecule has 0 unspecified atom stereocenters. The summed E-state index contributed by atoms with van der Waals surface area (Å²) in [4.78, 5) is 30.6. The van der Waals surface area contributed by atoms with Crippen molar-refractivity contribution in [2.24, 2.45) is 0 Å². The van der Waals surface area contributed by atoms with Gasteiger partial charge in [-0.15, -0.1) is 0 Å². The quantitative estimate of drug-likeness (QED) is 0.164. The molecule has 2 aromatic heterocycles. The minimum absolute atomic E-state index is 0.601. The molecule has 14 rings (SSSR count). The lowest BCUT2D eigenvalue weighted by atomic mass is 10.0. The highest BCUT2D eigenvalue weighted by atomic mass is 15.3. The molecule has 0 fully saturated rings. The van der Waals surface area contributed by atoms with Crippen LogP contribution in [-0.2, 0) is 0 Å². The number of hydrogen-bond acceptors (Lipinski definition) is 8. The fourth-order valence-corrected chi connectivity index (χ4v) is 10.3. The normalized spacial score (nSPS) is 12.9. The van der Waals surface area contributed by atoms with E-state index in [1.807, 2.05) is 0 Å². The molecule has 8 heteroatoms. The van der Waals surface area contributed by atoms with Crippen LogP contribution in [0.1, 0.15) is 0 Å². The van der Waals surface area contributed by atoms with Gasteiger partial charge in [0, 0.05) is 45.0 Å². The standard InChI is InChI=1S/C60H38N8/c1-3-21-41(22-4-1)65-47-29-9-13-33-51(47)67(52-34-14-10-30-48(52)65)43-25-17-19-39(37-43)58-61-56-45-27-7-8-28-46(45)57-55(56)60(63-58)64-59(62-57)40-20-18-26-44(38-40)68-53-35-15-11-31-49(53)66(42-23-5-2-6-24-42)50-32-12-16-36-54(50)68/h1-38H. The summed E-state index contributed by atoms with van der Waals surface area (Å²) in [5, 5.41) is 0.866. The number of aromatic nitrogens is 4. The second-order valence-electron chi connectivity index (χ2n) is 17.1. The van der Waals surface area contributed by atoms with E-state index in [2.05, 4.69) is 250 Å². The van der Waals surface area contributed by atoms with E-state index in [1.54, 1.807) is 0 Å². The first-order valence-corrected chi connectivity index (χ1v) is 22.8. The maximum atomic E-state index is 5.33. The van der Waals surface area contributed by atoms with Gasteiger partial charge in [-0.3, -0.25) is 0 Å². The van der Waals surface area contributed by atoms with Crippen molar-refractivity contribution < 1.29 is 0 Å². The molecule has 318 valence electrons. The molecule has 0 radical (unpaired) electrons. The van der Waals surface area contributed by atoms with E-state index in [0.717, 1.165) is 107 Å². The predicted octanol–water partition coefficient (Wildman–Crippen LogP) is 15.9. The average Bonchev–Trinajstić information content (AvgIpc) is 3.73. The van der Waals surface area contributed by atoms with Crippen LogP contribution < -0.4 is 19.6 Å². The fourth-order valence-electron chi connectivity index (χ4n) is 10.3. The maximum absolute atomic E-state index is 5.33. The number of rotatable bonds is 6. The second-order valence-corrected chi connectivity index (χ2v) is 17.1. The summed E-state index contributed by atoms with van der Waals surface area (Å²) in [5.74, 6) is 1.20. The van der Waals surface area contributed by atoms with Gasteiger partial charge in [0.15, 0.2) is 17.3 Å². The third-order valence-electron chi connectivity index (χ3n) is 13.2. The van der Waals surface area contributed by atoms with Gasteiger partial charge in [0.1, 0.15) is 0 Å². The smallest absolute Gasteiger partial charge is 0.168 e. The van der Waals surface area contributed by atoms with E-state index < -0.39 is 0 Å². The molecule has 3 aliphatic rings.